The van der Waals surface area contributed by atoms with Gasteiger partial charge in [-0.2, -0.15) is 20.9 Å². The fourth-order valence-electron chi connectivity index (χ4n) is 3.09. The Hall–Kier alpha value is -4.34. The molecule has 1 unspecified atom stereocenters. The maximum Gasteiger partial charge on any atom is 0.140 e. The Balaban J connectivity index is 2.30. The molecular formula is C22H16N6. The molecule has 0 amide bonds. The number of rotatable bonds is 3. The summed E-state index contributed by atoms with van der Waals surface area (Å²) >= 11 is 0. The molecule has 6 nitrogen and oxygen atoms in total. The van der Waals surface area contributed by atoms with Gasteiger partial charge >= 0.3 is 0 Å². The molecule has 0 fully saturated rings. The van der Waals surface area contributed by atoms with Crippen LogP contribution in [0, 0.1) is 34.0 Å². The quantitative estimate of drug-likeness (QED) is 0.834. The van der Waals surface area contributed by atoms with Crippen molar-refractivity contribution in [1.82, 2.24) is 0 Å². The smallest absolute Gasteiger partial charge is 0.140 e. The summed E-state index contributed by atoms with van der Waals surface area (Å²) in [5.41, 5.74) is 8.94. The van der Waals surface area contributed by atoms with Crippen molar-refractivity contribution in [2.75, 3.05) is 5.01 Å². The van der Waals surface area contributed by atoms with Crippen LogP contribution < -0.4 is 10.7 Å². The first-order chi connectivity index (χ1) is 13.6. The van der Waals surface area contributed by atoms with Gasteiger partial charge in [0, 0.05) is 5.57 Å². The van der Waals surface area contributed by atoms with Crippen LogP contribution in [0.1, 0.15) is 18.4 Å². The number of nitrogens with two attached hydrogens (primary N) is 1. The zero-order chi connectivity index (χ0) is 20.1. The van der Waals surface area contributed by atoms with Crippen LogP contribution in [0.3, 0.4) is 0 Å². The van der Waals surface area contributed by atoms with Gasteiger partial charge in [0.15, 0.2) is 0 Å². The fraction of sp³-hybridized carbons (Fsp3) is 0.0909. The first-order valence-corrected chi connectivity index (χ1v) is 8.52. The van der Waals surface area contributed by atoms with E-state index in [9.17, 15) is 15.8 Å². The van der Waals surface area contributed by atoms with Crippen LogP contribution in [0.25, 0.3) is 0 Å². The Bertz CT molecular complexity index is 1090. The topological polar surface area (TPSA) is 113 Å². The van der Waals surface area contributed by atoms with Gasteiger partial charge in [0.25, 0.3) is 0 Å². The van der Waals surface area contributed by atoms with E-state index in [2.05, 4.69) is 11.2 Å². The molecule has 3 rings (SSSR count). The van der Waals surface area contributed by atoms with Gasteiger partial charge in [0.1, 0.15) is 23.5 Å². The Morgan fingerprint density at radius 1 is 0.964 bits per heavy atom. The number of allylic oxidation sites excluding steroid dienone is 3. The summed E-state index contributed by atoms with van der Waals surface area (Å²) in [7, 11) is 0. The average molecular weight is 364 g/mol. The number of benzene rings is 2. The second-order valence-electron chi connectivity index (χ2n) is 6.11. The SMILES string of the molecule is CC(C1=NN(c2ccccc2)C(N)=C(C#N)C1c1ccccc1)=C(C#N)C#N. The van der Waals surface area contributed by atoms with E-state index in [1.807, 2.05) is 72.8 Å². The summed E-state index contributed by atoms with van der Waals surface area (Å²) < 4.78 is 0. The van der Waals surface area contributed by atoms with Crippen molar-refractivity contribution in [3.8, 4) is 18.2 Å². The maximum absolute atomic E-state index is 9.89. The normalized spacial score (nSPS) is 15.7. The minimum Gasteiger partial charge on any atom is -0.383 e. The van der Waals surface area contributed by atoms with Gasteiger partial charge in [-0.1, -0.05) is 48.5 Å². The maximum atomic E-state index is 9.89. The highest BCUT2D eigenvalue weighted by Gasteiger charge is 2.34. The molecule has 2 aromatic carbocycles. The van der Waals surface area contributed by atoms with E-state index in [1.54, 1.807) is 6.92 Å². The summed E-state index contributed by atoms with van der Waals surface area (Å²) in [6, 6.07) is 24.5. The molecule has 2 aromatic rings. The molecule has 1 heterocycles. The van der Waals surface area contributed by atoms with Crippen molar-refractivity contribution in [3.05, 3.63) is 88.8 Å². The van der Waals surface area contributed by atoms with Crippen molar-refractivity contribution in [2.24, 2.45) is 10.8 Å². The minimum atomic E-state index is -0.567. The van der Waals surface area contributed by atoms with Gasteiger partial charge in [0.05, 0.1) is 29.0 Å². The molecule has 1 atom stereocenters. The molecule has 0 spiro atoms. The van der Waals surface area contributed by atoms with Crippen molar-refractivity contribution in [1.29, 1.82) is 15.8 Å². The Labute approximate surface area is 163 Å². The second kappa shape index (κ2) is 7.91. The van der Waals surface area contributed by atoms with E-state index in [0.29, 0.717) is 22.5 Å². The van der Waals surface area contributed by atoms with Gasteiger partial charge in [0.2, 0.25) is 0 Å². The first kappa shape index (κ1) is 18.5. The average Bonchev–Trinajstić information content (AvgIpc) is 2.75. The van der Waals surface area contributed by atoms with Crippen LogP contribution in [-0.2, 0) is 0 Å². The van der Waals surface area contributed by atoms with Crippen LogP contribution in [-0.4, -0.2) is 5.71 Å². The van der Waals surface area contributed by atoms with E-state index < -0.39 is 5.92 Å². The van der Waals surface area contributed by atoms with E-state index in [1.165, 1.54) is 5.01 Å². The van der Waals surface area contributed by atoms with Crippen molar-refractivity contribution in [3.63, 3.8) is 0 Å². The highest BCUT2D eigenvalue weighted by Crippen LogP contribution is 2.36. The molecule has 0 radical (unpaired) electrons. The minimum absolute atomic E-state index is 0.0505. The van der Waals surface area contributed by atoms with Crippen molar-refractivity contribution in [2.45, 2.75) is 12.8 Å². The number of anilines is 1. The van der Waals surface area contributed by atoms with Gasteiger partial charge in [-0.25, -0.2) is 5.01 Å². The molecule has 0 aliphatic carbocycles. The van der Waals surface area contributed by atoms with Gasteiger partial charge in [-0.05, 0) is 24.6 Å². The van der Waals surface area contributed by atoms with Crippen molar-refractivity contribution < 1.29 is 0 Å². The van der Waals surface area contributed by atoms with Crippen LogP contribution in [0.4, 0.5) is 5.69 Å². The zero-order valence-electron chi connectivity index (χ0n) is 15.2. The van der Waals surface area contributed by atoms with Crippen LogP contribution >= 0.6 is 0 Å². The lowest BCUT2D eigenvalue weighted by atomic mass is 9.82. The molecule has 0 saturated heterocycles. The number of nitriles is 3. The van der Waals surface area contributed by atoms with Crippen LogP contribution in [0.15, 0.2) is 88.3 Å². The molecule has 1 aliphatic rings. The summed E-state index contributed by atoms with van der Waals surface area (Å²) in [4.78, 5) is 0. The lowest BCUT2D eigenvalue weighted by Crippen LogP contribution is -2.35. The van der Waals surface area contributed by atoms with Crippen molar-refractivity contribution >= 4 is 11.4 Å². The fourth-order valence-corrected chi connectivity index (χ4v) is 3.09. The standard InChI is InChI=1S/C22H16N6/c1-15(17(12-23)13-24)21-20(16-8-4-2-5-9-16)19(14-25)22(26)28(27-21)18-10-6-3-7-11-18/h2-11,20H,26H2,1H3. The predicted octanol–water partition coefficient (Wildman–Crippen LogP) is 3.70. The molecular weight excluding hydrogens is 348 g/mol. The number of hydrogen-bond acceptors (Lipinski definition) is 6. The Kier molecular flexibility index (Phi) is 5.21. The predicted molar refractivity (Wildman–Crippen MR) is 106 cm³/mol. The summed E-state index contributed by atoms with van der Waals surface area (Å²) in [6.45, 7) is 1.66. The summed E-state index contributed by atoms with van der Waals surface area (Å²) in [5, 5.41) is 34.7. The monoisotopic (exact) mass is 364 g/mol. The molecule has 0 bridgehead atoms. The van der Waals surface area contributed by atoms with Crippen LogP contribution in [0.2, 0.25) is 0 Å². The Morgan fingerprint density at radius 3 is 2.07 bits per heavy atom. The third kappa shape index (κ3) is 3.21. The molecule has 0 saturated carbocycles. The van der Waals surface area contributed by atoms with Gasteiger partial charge < -0.3 is 5.73 Å². The van der Waals surface area contributed by atoms with E-state index in [-0.39, 0.29) is 11.4 Å². The molecule has 6 heteroatoms. The van der Waals surface area contributed by atoms with Gasteiger partial charge in [-0.3, -0.25) is 0 Å². The number of hydrogen-bond donors (Lipinski definition) is 1. The number of para-hydroxylation sites is 1. The molecule has 0 aromatic heterocycles. The van der Waals surface area contributed by atoms with E-state index in [0.717, 1.165) is 5.56 Å². The lowest BCUT2D eigenvalue weighted by Gasteiger charge is -2.31. The molecule has 2 N–H and O–H groups in total. The van der Waals surface area contributed by atoms with E-state index in [4.69, 9.17) is 5.73 Å². The third-order valence-electron chi connectivity index (χ3n) is 4.51. The first-order valence-electron chi connectivity index (χ1n) is 8.52. The highest BCUT2D eigenvalue weighted by molar-refractivity contribution is 6.09. The zero-order valence-corrected chi connectivity index (χ0v) is 15.2. The molecule has 134 valence electrons. The second-order valence-corrected chi connectivity index (χ2v) is 6.11. The summed E-state index contributed by atoms with van der Waals surface area (Å²) in [6.07, 6.45) is 0. The van der Waals surface area contributed by atoms with Crippen LogP contribution in [0.5, 0.6) is 0 Å². The van der Waals surface area contributed by atoms with E-state index >= 15 is 0 Å². The Morgan fingerprint density at radius 2 is 1.54 bits per heavy atom. The largest absolute Gasteiger partial charge is 0.383 e. The highest BCUT2D eigenvalue weighted by atomic mass is 15.5. The number of nitrogens with zero attached hydrogens (tertiary/aromatic N) is 5. The lowest BCUT2D eigenvalue weighted by molar-refractivity contribution is 0.874. The number of hydrazone groups is 1. The molecule has 1 aliphatic heterocycles. The molecule has 28 heavy (non-hydrogen) atoms. The third-order valence-corrected chi connectivity index (χ3v) is 4.51. The summed E-state index contributed by atoms with van der Waals surface area (Å²) in [5.74, 6) is -0.350. The van der Waals surface area contributed by atoms with Gasteiger partial charge in [-0.15, -0.1) is 0 Å².